The van der Waals surface area contributed by atoms with Crippen LogP contribution in [0.25, 0.3) is 0 Å². The molecule has 1 heterocycles. The normalized spacial score (nSPS) is 33.5. The summed E-state index contributed by atoms with van der Waals surface area (Å²) in [7, 11) is 0. The van der Waals surface area contributed by atoms with Crippen molar-refractivity contribution in [3.63, 3.8) is 0 Å². The summed E-state index contributed by atoms with van der Waals surface area (Å²) in [6, 6.07) is 4.05. The van der Waals surface area contributed by atoms with Crippen LogP contribution in [0, 0.1) is 17.3 Å². The van der Waals surface area contributed by atoms with Crippen molar-refractivity contribution in [3.05, 3.63) is 22.4 Å². The van der Waals surface area contributed by atoms with Crippen LogP contribution in [0.1, 0.15) is 44.9 Å². The second-order valence-electron chi connectivity index (χ2n) is 6.97. The molecule has 3 atom stereocenters. The first-order valence-electron chi connectivity index (χ1n) is 7.58. The first-order valence-corrected chi connectivity index (χ1v) is 8.87. The Balaban J connectivity index is 1.62. The van der Waals surface area contributed by atoms with E-state index in [1.165, 1.54) is 19.3 Å². The highest BCUT2D eigenvalue weighted by Crippen LogP contribution is 2.61. The van der Waals surface area contributed by atoms with E-state index >= 15 is 0 Å². The highest BCUT2D eigenvalue weighted by molar-refractivity contribution is 7.80. The maximum atomic E-state index is 5.44. The molecule has 2 N–H and O–H groups in total. The summed E-state index contributed by atoms with van der Waals surface area (Å²) >= 11 is 7.11. The number of nitrogens with zero attached hydrogens (tertiary/aromatic N) is 1. The van der Waals surface area contributed by atoms with Crippen LogP contribution in [-0.2, 0) is 0 Å². The van der Waals surface area contributed by atoms with Crippen molar-refractivity contribution in [1.29, 1.82) is 0 Å². The van der Waals surface area contributed by atoms with Gasteiger partial charge in [0.15, 0.2) is 5.11 Å². The Morgan fingerprint density at radius 2 is 2.14 bits per heavy atom. The zero-order valence-corrected chi connectivity index (χ0v) is 14.5. The molecule has 2 aliphatic rings. The van der Waals surface area contributed by atoms with Crippen molar-refractivity contribution in [1.82, 2.24) is 10.7 Å². The largest absolute Gasteiger partial charge is 0.355 e. The maximum absolute atomic E-state index is 5.44. The van der Waals surface area contributed by atoms with E-state index in [9.17, 15) is 0 Å². The lowest BCUT2D eigenvalue weighted by molar-refractivity contribution is 0.0833. The molecule has 5 heteroatoms. The molecule has 3 unspecified atom stereocenters. The number of thiophene rings is 1. The predicted molar refractivity (Wildman–Crippen MR) is 93.8 cm³/mol. The van der Waals surface area contributed by atoms with Gasteiger partial charge in [-0.3, -0.25) is 5.43 Å². The third kappa shape index (κ3) is 2.50. The van der Waals surface area contributed by atoms with Crippen molar-refractivity contribution in [2.45, 2.75) is 45.6 Å². The van der Waals surface area contributed by atoms with Gasteiger partial charge in [-0.1, -0.05) is 19.9 Å². The van der Waals surface area contributed by atoms with Gasteiger partial charge in [-0.15, -0.1) is 11.3 Å². The van der Waals surface area contributed by atoms with Gasteiger partial charge in [-0.25, -0.2) is 0 Å². The number of fused-ring (bicyclic) bond motifs is 2. The highest BCUT2D eigenvalue weighted by atomic mass is 32.1. The van der Waals surface area contributed by atoms with E-state index in [2.05, 4.69) is 36.6 Å². The van der Waals surface area contributed by atoms with Gasteiger partial charge in [-0.05, 0) is 67.1 Å². The Morgan fingerprint density at radius 1 is 1.38 bits per heavy atom. The van der Waals surface area contributed by atoms with Crippen LogP contribution in [0.5, 0.6) is 0 Å². The van der Waals surface area contributed by atoms with Crippen molar-refractivity contribution >= 4 is 34.9 Å². The minimum atomic E-state index is 0.0679. The van der Waals surface area contributed by atoms with Gasteiger partial charge in [-0.2, -0.15) is 5.10 Å². The summed E-state index contributed by atoms with van der Waals surface area (Å²) in [5, 5.41) is 10.5. The number of hydrogen-bond acceptors (Lipinski definition) is 3. The quantitative estimate of drug-likeness (QED) is 0.505. The molecule has 114 valence electrons. The third-order valence-electron chi connectivity index (χ3n) is 5.88. The molecule has 3 rings (SSSR count). The Kier molecular flexibility index (Phi) is 3.82. The fourth-order valence-electron chi connectivity index (χ4n) is 4.16. The minimum Gasteiger partial charge on any atom is -0.355 e. The van der Waals surface area contributed by atoms with Crippen LogP contribution >= 0.6 is 23.6 Å². The molecule has 0 amide bonds. The third-order valence-corrected chi connectivity index (χ3v) is 6.88. The summed E-state index contributed by atoms with van der Waals surface area (Å²) in [6.07, 6.45) is 5.83. The van der Waals surface area contributed by atoms with Crippen LogP contribution in [0.2, 0.25) is 0 Å². The van der Waals surface area contributed by atoms with Gasteiger partial charge in [0.25, 0.3) is 0 Å². The summed E-state index contributed by atoms with van der Waals surface area (Å²) in [5.74, 6) is 1.54. The first-order chi connectivity index (χ1) is 9.93. The van der Waals surface area contributed by atoms with Gasteiger partial charge in [0.2, 0.25) is 0 Å². The Labute approximate surface area is 136 Å². The lowest BCUT2D eigenvalue weighted by atomic mass is 9.64. The monoisotopic (exact) mass is 321 g/mol. The molecule has 1 aromatic rings. The molecule has 0 radical (unpaired) electrons. The average Bonchev–Trinajstić information content (AvgIpc) is 3.11. The molecule has 21 heavy (non-hydrogen) atoms. The highest BCUT2D eigenvalue weighted by Gasteiger charge is 2.60. The van der Waals surface area contributed by atoms with E-state index < -0.39 is 0 Å². The first kappa shape index (κ1) is 15.0. The number of hydrogen-bond donors (Lipinski definition) is 2. The number of nitrogens with one attached hydrogen (secondary N) is 2. The summed E-state index contributed by atoms with van der Waals surface area (Å²) in [4.78, 5) is 1.12. The molecule has 2 bridgehead atoms. The molecule has 2 aliphatic carbocycles. The number of rotatable bonds is 3. The van der Waals surface area contributed by atoms with Crippen LogP contribution < -0.4 is 10.7 Å². The molecular weight excluding hydrogens is 298 g/mol. The SMILES string of the molecule is CC1(C)C2CCC(C2)C1(C)NC(=S)N/N=C/c1cccs1. The fraction of sp³-hybridized carbons (Fsp3) is 0.625. The minimum absolute atomic E-state index is 0.0679. The van der Waals surface area contributed by atoms with E-state index in [-0.39, 0.29) is 11.0 Å². The van der Waals surface area contributed by atoms with Crippen LogP contribution in [0.4, 0.5) is 0 Å². The number of thiocarbonyl (C=S) groups is 1. The second-order valence-corrected chi connectivity index (χ2v) is 8.36. The fourth-order valence-corrected chi connectivity index (χ4v) is 5.01. The maximum Gasteiger partial charge on any atom is 0.187 e. The lowest BCUT2D eigenvalue weighted by Crippen LogP contribution is -2.60. The Bertz CT molecular complexity index is 550. The van der Waals surface area contributed by atoms with Gasteiger partial charge < -0.3 is 5.32 Å². The van der Waals surface area contributed by atoms with E-state index in [1.54, 1.807) is 11.3 Å². The lowest BCUT2D eigenvalue weighted by Gasteiger charge is -2.48. The van der Waals surface area contributed by atoms with Crippen LogP contribution in [0.3, 0.4) is 0 Å². The molecule has 0 spiro atoms. The summed E-state index contributed by atoms with van der Waals surface area (Å²) in [6.45, 7) is 7.08. The van der Waals surface area contributed by atoms with Crippen molar-refractivity contribution in [3.8, 4) is 0 Å². The standard InChI is InChI=1S/C16H23N3S2/c1-15(2)11-6-7-12(9-11)16(15,3)18-14(20)19-17-10-13-5-4-8-21-13/h4-5,8,10-12H,6-7,9H2,1-3H3,(H2,18,19,20)/b17-10+. The van der Waals surface area contributed by atoms with Crippen molar-refractivity contribution in [2.75, 3.05) is 0 Å². The zero-order valence-electron chi connectivity index (χ0n) is 12.8. The topological polar surface area (TPSA) is 36.4 Å². The summed E-state index contributed by atoms with van der Waals surface area (Å²) < 4.78 is 0. The second kappa shape index (κ2) is 5.36. The molecule has 0 aliphatic heterocycles. The Hall–Kier alpha value is -0.940. The smallest absolute Gasteiger partial charge is 0.187 e. The number of hydrazone groups is 1. The predicted octanol–water partition coefficient (Wildman–Crippen LogP) is 3.76. The molecule has 0 aromatic carbocycles. The van der Waals surface area contributed by atoms with Crippen molar-refractivity contribution < 1.29 is 0 Å². The van der Waals surface area contributed by atoms with Gasteiger partial charge >= 0.3 is 0 Å². The summed E-state index contributed by atoms with van der Waals surface area (Å²) in [5.41, 5.74) is 3.31. The average molecular weight is 322 g/mol. The molecule has 3 nitrogen and oxygen atoms in total. The van der Waals surface area contributed by atoms with Crippen LogP contribution in [0.15, 0.2) is 22.6 Å². The molecular formula is C16H23N3S2. The van der Waals surface area contributed by atoms with Gasteiger partial charge in [0.1, 0.15) is 0 Å². The van der Waals surface area contributed by atoms with Gasteiger partial charge in [0.05, 0.1) is 6.21 Å². The van der Waals surface area contributed by atoms with E-state index in [0.717, 1.165) is 16.7 Å². The van der Waals surface area contributed by atoms with E-state index in [0.29, 0.717) is 5.11 Å². The molecule has 2 saturated carbocycles. The van der Waals surface area contributed by atoms with Gasteiger partial charge in [0, 0.05) is 10.4 Å². The molecule has 1 aromatic heterocycles. The van der Waals surface area contributed by atoms with Crippen molar-refractivity contribution in [2.24, 2.45) is 22.4 Å². The van der Waals surface area contributed by atoms with E-state index in [4.69, 9.17) is 12.2 Å². The molecule has 0 saturated heterocycles. The molecule has 2 fully saturated rings. The Morgan fingerprint density at radius 3 is 2.76 bits per heavy atom. The van der Waals surface area contributed by atoms with Crippen LogP contribution in [-0.4, -0.2) is 16.9 Å². The van der Waals surface area contributed by atoms with E-state index in [1.807, 2.05) is 23.7 Å². The zero-order chi connectivity index (χ0) is 15.1.